The lowest BCUT2D eigenvalue weighted by atomic mass is 10.1. The standard InChI is InChI=1S/C20H27FN4O5/c1-5-29-19(27)22-16-10-24(9-12(16)2)17-7-6-14(8-15(17)21)25-11-18(30-20(25)28)23(4)13(3)26/h6-8,12,16,18H,5,9-11H2,1-4H3,(H,22,27)/t12-,16+,18?/m0/s1. The van der Waals surface area contributed by atoms with Crippen LogP contribution in [0.5, 0.6) is 0 Å². The van der Waals surface area contributed by atoms with Gasteiger partial charge in [0.25, 0.3) is 0 Å². The average molecular weight is 422 g/mol. The minimum atomic E-state index is -0.716. The maximum Gasteiger partial charge on any atom is 0.416 e. The van der Waals surface area contributed by atoms with Crippen LogP contribution in [0.4, 0.5) is 25.4 Å². The van der Waals surface area contributed by atoms with E-state index in [0.29, 0.717) is 24.5 Å². The molecule has 2 aliphatic rings. The molecule has 3 rings (SSSR count). The Morgan fingerprint density at radius 3 is 2.70 bits per heavy atom. The smallest absolute Gasteiger partial charge is 0.416 e. The first-order valence-electron chi connectivity index (χ1n) is 9.90. The summed E-state index contributed by atoms with van der Waals surface area (Å²) in [5.74, 6) is -0.595. The summed E-state index contributed by atoms with van der Waals surface area (Å²) in [5, 5.41) is 2.81. The zero-order valence-corrected chi connectivity index (χ0v) is 17.6. The average Bonchev–Trinajstić information content (AvgIpc) is 3.24. The molecule has 164 valence electrons. The second-order valence-corrected chi connectivity index (χ2v) is 7.57. The molecule has 0 spiro atoms. The van der Waals surface area contributed by atoms with Gasteiger partial charge in [-0.1, -0.05) is 6.92 Å². The second-order valence-electron chi connectivity index (χ2n) is 7.57. The Bertz CT molecular complexity index is 835. The third-order valence-electron chi connectivity index (χ3n) is 5.50. The molecule has 30 heavy (non-hydrogen) atoms. The van der Waals surface area contributed by atoms with Crippen molar-refractivity contribution in [2.45, 2.75) is 33.0 Å². The summed E-state index contributed by atoms with van der Waals surface area (Å²) in [6, 6.07) is 4.38. The Morgan fingerprint density at radius 2 is 2.07 bits per heavy atom. The number of cyclic esters (lactones) is 1. The molecule has 3 atom stereocenters. The minimum absolute atomic E-state index is 0.116. The minimum Gasteiger partial charge on any atom is -0.450 e. The summed E-state index contributed by atoms with van der Waals surface area (Å²) in [6.45, 7) is 6.53. The maximum atomic E-state index is 14.9. The number of carbonyl (C=O) groups is 3. The number of anilines is 2. The fourth-order valence-corrected chi connectivity index (χ4v) is 3.66. The lowest BCUT2D eigenvalue weighted by molar-refractivity contribution is -0.134. The van der Waals surface area contributed by atoms with Gasteiger partial charge in [-0.25, -0.2) is 14.0 Å². The summed E-state index contributed by atoms with van der Waals surface area (Å²) < 4.78 is 25.0. The van der Waals surface area contributed by atoms with E-state index >= 15 is 0 Å². The number of carbonyl (C=O) groups excluding carboxylic acids is 3. The second kappa shape index (κ2) is 8.76. The molecule has 2 aliphatic heterocycles. The van der Waals surface area contributed by atoms with Gasteiger partial charge in [-0.15, -0.1) is 0 Å². The predicted octanol–water partition coefficient (Wildman–Crippen LogP) is 2.16. The first-order valence-corrected chi connectivity index (χ1v) is 9.90. The lowest BCUT2D eigenvalue weighted by Crippen LogP contribution is -2.40. The number of halogens is 1. The molecule has 1 aromatic rings. The van der Waals surface area contributed by atoms with E-state index in [-0.39, 0.29) is 31.0 Å². The largest absolute Gasteiger partial charge is 0.450 e. The van der Waals surface area contributed by atoms with Crippen molar-refractivity contribution in [2.24, 2.45) is 5.92 Å². The summed E-state index contributed by atoms with van der Waals surface area (Å²) in [5.41, 5.74) is 0.748. The van der Waals surface area contributed by atoms with Gasteiger partial charge in [0.2, 0.25) is 5.91 Å². The van der Waals surface area contributed by atoms with E-state index in [0.717, 1.165) is 0 Å². The Balaban J connectivity index is 1.69. The number of hydrogen-bond acceptors (Lipinski definition) is 6. The number of benzene rings is 1. The monoisotopic (exact) mass is 422 g/mol. The van der Waals surface area contributed by atoms with Crippen molar-refractivity contribution in [3.8, 4) is 0 Å². The van der Waals surface area contributed by atoms with Crippen LogP contribution < -0.4 is 15.1 Å². The highest BCUT2D eigenvalue weighted by molar-refractivity contribution is 5.90. The van der Waals surface area contributed by atoms with Crippen molar-refractivity contribution in [3.05, 3.63) is 24.0 Å². The van der Waals surface area contributed by atoms with Gasteiger partial charge < -0.3 is 24.6 Å². The third kappa shape index (κ3) is 4.42. The van der Waals surface area contributed by atoms with Gasteiger partial charge in [0.1, 0.15) is 5.82 Å². The van der Waals surface area contributed by atoms with E-state index < -0.39 is 24.2 Å². The first-order chi connectivity index (χ1) is 14.2. The summed E-state index contributed by atoms with van der Waals surface area (Å²) in [4.78, 5) is 39.9. The predicted molar refractivity (Wildman–Crippen MR) is 108 cm³/mol. The van der Waals surface area contributed by atoms with Crippen LogP contribution in [0.2, 0.25) is 0 Å². The summed E-state index contributed by atoms with van der Waals surface area (Å²) >= 11 is 0. The summed E-state index contributed by atoms with van der Waals surface area (Å²) in [6.07, 6.45) is -1.83. The third-order valence-corrected chi connectivity index (χ3v) is 5.50. The van der Waals surface area contributed by atoms with Crippen LogP contribution in [0.1, 0.15) is 20.8 Å². The normalized spacial score (nSPS) is 23.4. The molecule has 2 fully saturated rings. The van der Waals surface area contributed by atoms with Crippen LogP contribution >= 0.6 is 0 Å². The van der Waals surface area contributed by atoms with E-state index in [1.165, 1.54) is 22.8 Å². The Kier molecular flexibility index (Phi) is 6.33. The zero-order valence-electron chi connectivity index (χ0n) is 17.6. The van der Waals surface area contributed by atoms with Gasteiger partial charge >= 0.3 is 12.2 Å². The molecule has 9 nitrogen and oxygen atoms in total. The number of likely N-dealkylation sites (N-methyl/N-ethyl adjacent to an activating group) is 1. The van der Waals surface area contributed by atoms with Crippen molar-refractivity contribution in [3.63, 3.8) is 0 Å². The van der Waals surface area contributed by atoms with Crippen LogP contribution in [-0.2, 0) is 14.3 Å². The molecule has 1 N–H and O–H groups in total. The highest BCUT2D eigenvalue weighted by atomic mass is 19.1. The van der Waals surface area contributed by atoms with Crippen LogP contribution in [0.25, 0.3) is 0 Å². The van der Waals surface area contributed by atoms with Gasteiger partial charge in [-0.3, -0.25) is 9.69 Å². The van der Waals surface area contributed by atoms with Crippen molar-refractivity contribution in [1.29, 1.82) is 0 Å². The van der Waals surface area contributed by atoms with Gasteiger partial charge in [-0.2, -0.15) is 0 Å². The molecule has 3 amide bonds. The molecule has 1 unspecified atom stereocenters. The quantitative estimate of drug-likeness (QED) is 0.782. The topological polar surface area (TPSA) is 91.4 Å². The van der Waals surface area contributed by atoms with Crippen LogP contribution in [0.3, 0.4) is 0 Å². The fourth-order valence-electron chi connectivity index (χ4n) is 3.66. The van der Waals surface area contributed by atoms with Gasteiger partial charge in [0.05, 0.1) is 30.6 Å². The Hall–Kier alpha value is -3.04. The van der Waals surface area contributed by atoms with E-state index in [1.807, 2.05) is 11.8 Å². The van der Waals surface area contributed by atoms with Gasteiger partial charge in [-0.05, 0) is 31.0 Å². The number of ether oxygens (including phenoxy) is 2. The fraction of sp³-hybridized carbons (Fsp3) is 0.550. The number of alkyl carbamates (subject to hydrolysis) is 1. The molecular formula is C20H27FN4O5. The number of nitrogens with one attached hydrogen (secondary N) is 1. The van der Waals surface area contributed by atoms with Crippen molar-refractivity contribution in [2.75, 3.05) is 43.1 Å². The Morgan fingerprint density at radius 1 is 1.33 bits per heavy atom. The van der Waals surface area contributed by atoms with E-state index in [4.69, 9.17) is 9.47 Å². The molecule has 0 saturated carbocycles. The number of amides is 3. The molecule has 0 aromatic heterocycles. The van der Waals surface area contributed by atoms with E-state index in [9.17, 15) is 18.8 Å². The highest BCUT2D eigenvalue weighted by Gasteiger charge is 2.37. The van der Waals surface area contributed by atoms with Crippen molar-refractivity contribution >= 4 is 29.5 Å². The van der Waals surface area contributed by atoms with Gasteiger partial charge in [0, 0.05) is 27.1 Å². The molecule has 2 heterocycles. The molecular weight excluding hydrogens is 395 g/mol. The van der Waals surface area contributed by atoms with Crippen LogP contribution in [0, 0.1) is 11.7 Å². The van der Waals surface area contributed by atoms with E-state index in [1.54, 1.807) is 26.1 Å². The first kappa shape index (κ1) is 21.7. The van der Waals surface area contributed by atoms with E-state index in [2.05, 4.69) is 5.32 Å². The lowest BCUT2D eigenvalue weighted by Gasteiger charge is -2.22. The number of nitrogens with zero attached hydrogens (tertiary/aromatic N) is 3. The molecule has 0 bridgehead atoms. The SMILES string of the molecule is CCOC(=O)N[C@@H]1CN(c2ccc(N3CC(N(C)C(C)=O)OC3=O)cc2F)C[C@@H]1C. The number of rotatable bonds is 5. The molecule has 10 heteroatoms. The van der Waals surface area contributed by atoms with Gasteiger partial charge in [0.15, 0.2) is 6.23 Å². The molecule has 2 saturated heterocycles. The maximum absolute atomic E-state index is 14.9. The van der Waals surface area contributed by atoms with Crippen LogP contribution in [-0.4, -0.2) is 68.6 Å². The van der Waals surface area contributed by atoms with Crippen molar-refractivity contribution < 1.29 is 28.2 Å². The zero-order chi connectivity index (χ0) is 22.0. The molecule has 0 radical (unpaired) electrons. The highest BCUT2D eigenvalue weighted by Crippen LogP contribution is 2.31. The molecule has 0 aliphatic carbocycles. The molecule has 1 aromatic carbocycles. The van der Waals surface area contributed by atoms with Crippen LogP contribution in [0.15, 0.2) is 18.2 Å². The summed E-state index contributed by atoms with van der Waals surface area (Å²) in [7, 11) is 1.54. The number of hydrogen-bond donors (Lipinski definition) is 1. The Labute approximate surface area is 174 Å². The van der Waals surface area contributed by atoms with Crippen molar-refractivity contribution in [1.82, 2.24) is 10.2 Å².